The fourth-order valence-corrected chi connectivity index (χ4v) is 3.49. The van der Waals surface area contributed by atoms with Crippen molar-refractivity contribution in [2.24, 2.45) is 0 Å². The predicted molar refractivity (Wildman–Crippen MR) is 99.7 cm³/mol. The molecule has 0 spiro atoms. The lowest BCUT2D eigenvalue weighted by atomic mass is 9.94. The monoisotopic (exact) mass is 361 g/mol. The highest BCUT2D eigenvalue weighted by Gasteiger charge is 2.29. The van der Waals surface area contributed by atoms with Gasteiger partial charge in [-0.1, -0.05) is 24.3 Å². The summed E-state index contributed by atoms with van der Waals surface area (Å²) >= 11 is 0. The highest BCUT2D eigenvalue weighted by atomic mass is 16.5. The molecule has 0 fully saturated rings. The van der Waals surface area contributed by atoms with E-state index in [1.807, 2.05) is 67.0 Å². The second-order valence-corrected chi connectivity index (χ2v) is 6.34. The van der Waals surface area contributed by atoms with Crippen LogP contribution in [0.15, 0.2) is 55.1 Å². The normalized spacial score (nSPS) is 12.3. The van der Waals surface area contributed by atoms with Crippen molar-refractivity contribution in [1.82, 2.24) is 24.1 Å². The second-order valence-electron chi connectivity index (χ2n) is 6.34. The number of hydrogen-bond donors (Lipinski definition) is 0. The molecule has 0 aliphatic rings. The fourth-order valence-electron chi connectivity index (χ4n) is 3.49. The zero-order chi connectivity index (χ0) is 19.0. The molecule has 1 atom stereocenters. The Morgan fingerprint density at radius 2 is 1.85 bits per heavy atom. The molecule has 0 amide bonds. The van der Waals surface area contributed by atoms with Crippen molar-refractivity contribution < 1.29 is 9.53 Å². The molecular formula is C20H19N5O2. The summed E-state index contributed by atoms with van der Waals surface area (Å²) in [6, 6.07) is 11.6. The first-order valence-corrected chi connectivity index (χ1v) is 8.57. The minimum absolute atomic E-state index is 0.149. The van der Waals surface area contributed by atoms with Crippen molar-refractivity contribution in [3.05, 3.63) is 83.3 Å². The zero-order valence-corrected chi connectivity index (χ0v) is 15.3. The molecule has 0 aliphatic carbocycles. The Labute approximate surface area is 156 Å². The van der Waals surface area contributed by atoms with Gasteiger partial charge in [-0.3, -0.25) is 0 Å². The molecule has 7 nitrogen and oxygen atoms in total. The lowest BCUT2D eigenvalue weighted by Gasteiger charge is -2.23. The maximum Gasteiger partial charge on any atom is 0.375 e. The maximum absolute atomic E-state index is 12.3. The van der Waals surface area contributed by atoms with Crippen molar-refractivity contribution in [1.29, 1.82) is 0 Å². The summed E-state index contributed by atoms with van der Waals surface area (Å²) in [5.41, 5.74) is 4.95. The van der Waals surface area contributed by atoms with E-state index in [0.717, 1.165) is 28.0 Å². The first-order valence-electron chi connectivity index (χ1n) is 8.57. The summed E-state index contributed by atoms with van der Waals surface area (Å²) in [5.74, 6) is -0.381. The Hall–Kier alpha value is -3.48. The molecule has 4 rings (SSSR count). The van der Waals surface area contributed by atoms with Crippen LogP contribution in [-0.2, 0) is 4.74 Å². The molecule has 0 N–H and O–H groups in total. The number of imidazole rings is 1. The van der Waals surface area contributed by atoms with Crippen molar-refractivity contribution in [2.45, 2.75) is 19.9 Å². The number of rotatable bonds is 4. The number of fused-ring (bicyclic) bond motifs is 1. The first-order chi connectivity index (χ1) is 13.1. The van der Waals surface area contributed by atoms with Gasteiger partial charge in [-0.15, -0.1) is 0 Å². The number of ether oxygens (including phenoxy) is 1. The van der Waals surface area contributed by atoms with Crippen LogP contribution in [0.5, 0.6) is 0 Å². The van der Waals surface area contributed by atoms with Crippen LogP contribution >= 0.6 is 0 Å². The molecular weight excluding hydrogens is 342 g/mol. The van der Waals surface area contributed by atoms with E-state index in [4.69, 9.17) is 4.74 Å². The number of methoxy groups -OCH3 is 1. The molecule has 136 valence electrons. The van der Waals surface area contributed by atoms with Gasteiger partial charge in [0.05, 0.1) is 19.0 Å². The van der Waals surface area contributed by atoms with Gasteiger partial charge >= 0.3 is 5.97 Å². The third-order valence-corrected chi connectivity index (χ3v) is 4.73. The largest absolute Gasteiger partial charge is 0.463 e. The molecule has 0 saturated heterocycles. The van der Waals surface area contributed by atoms with Crippen molar-refractivity contribution in [2.75, 3.05) is 7.11 Å². The van der Waals surface area contributed by atoms with Gasteiger partial charge in [0.25, 0.3) is 0 Å². The quantitative estimate of drug-likeness (QED) is 0.523. The van der Waals surface area contributed by atoms with Gasteiger partial charge in [0.1, 0.15) is 18.0 Å². The van der Waals surface area contributed by atoms with E-state index in [0.29, 0.717) is 0 Å². The summed E-state index contributed by atoms with van der Waals surface area (Å²) in [6.45, 7) is 4.10. The molecule has 0 saturated carbocycles. The van der Waals surface area contributed by atoms with E-state index < -0.39 is 5.97 Å². The lowest BCUT2D eigenvalue weighted by molar-refractivity contribution is 0.0578. The summed E-state index contributed by atoms with van der Waals surface area (Å²) < 4.78 is 8.51. The summed E-state index contributed by atoms with van der Waals surface area (Å²) in [5, 5.41) is 4.37. The molecule has 4 aromatic rings. The van der Waals surface area contributed by atoms with Gasteiger partial charge < -0.3 is 9.14 Å². The van der Waals surface area contributed by atoms with Crippen LogP contribution in [0, 0.1) is 13.8 Å². The van der Waals surface area contributed by atoms with Gasteiger partial charge in [0, 0.05) is 6.20 Å². The van der Waals surface area contributed by atoms with E-state index in [-0.39, 0.29) is 11.9 Å². The standard InChI is InChI=1S/C20H19N5O2/c1-13-7-6-8-14(2)17(13)18(25-19(20(26)27-3)22-12-23-25)15-11-21-16-9-4-5-10-24(15)16/h4-12,18H,1-3H3. The summed E-state index contributed by atoms with van der Waals surface area (Å²) in [6.07, 6.45) is 5.14. The molecule has 0 bridgehead atoms. The topological polar surface area (TPSA) is 74.3 Å². The van der Waals surface area contributed by atoms with Crippen LogP contribution in [0.1, 0.15) is 39.0 Å². The highest BCUT2D eigenvalue weighted by Crippen LogP contribution is 2.32. The maximum atomic E-state index is 12.3. The van der Waals surface area contributed by atoms with Crippen molar-refractivity contribution in [3.8, 4) is 0 Å². The Kier molecular flexibility index (Phi) is 4.19. The number of aryl methyl sites for hydroxylation is 2. The highest BCUT2D eigenvalue weighted by molar-refractivity contribution is 5.85. The Bertz CT molecular complexity index is 1110. The van der Waals surface area contributed by atoms with Crippen LogP contribution in [0.3, 0.4) is 0 Å². The third kappa shape index (κ3) is 2.77. The minimum Gasteiger partial charge on any atom is -0.463 e. The van der Waals surface area contributed by atoms with Gasteiger partial charge in [-0.2, -0.15) is 5.10 Å². The molecule has 1 aromatic carbocycles. The molecule has 3 heterocycles. The number of carbonyl (C=O) groups excluding carboxylic acids is 1. The Morgan fingerprint density at radius 3 is 2.59 bits per heavy atom. The van der Waals surface area contributed by atoms with E-state index in [1.165, 1.54) is 13.4 Å². The Balaban J connectivity index is 2.03. The average Bonchev–Trinajstić information content (AvgIpc) is 3.32. The molecule has 7 heteroatoms. The van der Waals surface area contributed by atoms with Gasteiger partial charge in [-0.05, 0) is 42.7 Å². The molecule has 3 aromatic heterocycles. The number of pyridine rings is 1. The van der Waals surface area contributed by atoms with Gasteiger partial charge in [0.2, 0.25) is 5.82 Å². The molecule has 27 heavy (non-hydrogen) atoms. The molecule has 0 radical (unpaired) electrons. The minimum atomic E-state index is -0.530. The Morgan fingerprint density at radius 1 is 1.07 bits per heavy atom. The molecule has 0 aliphatic heterocycles. The van der Waals surface area contributed by atoms with Crippen LogP contribution in [0.4, 0.5) is 0 Å². The lowest BCUT2D eigenvalue weighted by Crippen LogP contribution is -2.23. The summed E-state index contributed by atoms with van der Waals surface area (Å²) in [7, 11) is 1.34. The number of carbonyl (C=O) groups is 1. The number of nitrogens with zero attached hydrogens (tertiary/aromatic N) is 5. The van der Waals surface area contributed by atoms with Crippen LogP contribution < -0.4 is 0 Å². The van der Waals surface area contributed by atoms with E-state index in [2.05, 4.69) is 15.1 Å². The first kappa shape index (κ1) is 17.0. The summed E-state index contributed by atoms with van der Waals surface area (Å²) in [4.78, 5) is 20.9. The number of esters is 1. The predicted octanol–water partition coefficient (Wildman–Crippen LogP) is 2.97. The van der Waals surface area contributed by atoms with Gasteiger partial charge in [-0.25, -0.2) is 19.4 Å². The van der Waals surface area contributed by atoms with Crippen LogP contribution in [-0.4, -0.2) is 37.2 Å². The van der Waals surface area contributed by atoms with E-state index >= 15 is 0 Å². The SMILES string of the molecule is COC(=O)c1ncnn1C(c1c(C)cccc1C)c1cnc2ccccn12. The fraction of sp³-hybridized carbons (Fsp3) is 0.200. The number of hydrogen-bond acceptors (Lipinski definition) is 5. The van der Waals surface area contributed by atoms with Crippen molar-refractivity contribution >= 4 is 11.6 Å². The zero-order valence-electron chi connectivity index (χ0n) is 15.3. The number of benzene rings is 1. The third-order valence-electron chi connectivity index (χ3n) is 4.73. The van der Waals surface area contributed by atoms with Crippen LogP contribution in [0.2, 0.25) is 0 Å². The van der Waals surface area contributed by atoms with Crippen LogP contribution in [0.25, 0.3) is 5.65 Å². The smallest absolute Gasteiger partial charge is 0.375 e. The van der Waals surface area contributed by atoms with E-state index in [1.54, 1.807) is 4.68 Å². The molecule has 1 unspecified atom stereocenters. The van der Waals surface area contributed by atoms with Crippen molar-refractivity contribution in [3.63, 3.8) is 0 Å². The van der Waals surface area contributed by atoms with E-state index in [9.17, 15) is 4.79 Å². The number of aromatic nitrogens is 5. The van der Waals surface area contributed by atoms with Gasteiger partial charge in [0.15, 0.2) is 0 Å². The average molecular weight is 361 g/mol. The second kappa shape index (κ2) is 6.68.